The molecule has 22 heteroatoms. The Labute approximate surface area is 465 Å². The molecule has 410 valence electrons. The summed E-state index contributed by atoms with van der Waals surface area (Å²) < 4.78 is 67.6. The Hall–Kier alpha value is -7.82. The van der Waals surface area contributed by atoms with Gasteiger partial charge in [0, 0.05) is 77.1 Å². The van der Waals surface area contributed by atoms with Crippen LogP contribution in [0.4, 0.5) is 24.0 Å². The predicted octanol–water partition coefficient (Wildman–Crippen LogP) is 8.97. The Morgan fingerprint density at radius 2 is 1.89 bits per heavy atom. The molecule has 3 aromatic carbocycles. The fourth-order valence-corrected chi connectivity index (χ4v) is 13.8. The summed E-state index contributed by atoms with van der Waals surface area (Å²) in [5.74, 6) is -2.34. The van der Waals surface area contributed by atoms with Gasteiger partial charge >= 0.3 is 12.0 Å². The Kier molecular flexibility index (Phi) is 13.3. The molecule has 5 aliphatic heterocycles. The van der Waals surface area contributed by atoms with Crippen molar-refractivity contribution in [1.82, 2.24) is 29.3 Å². The largest absolute Gasteiger partial charge is 0.486 e. The van der Waals surface area contributed by atoms with Crippen LogP contribution < -0.4 is 25.7 Å². The van der Waals surface area contributed by atoms with Gasteiger partial charge in [-0.2, -0.15) is 20.5 Å². The number of aryl methyl sites for hydroxylation is 1. The molecule has 2 unspecified atom stereocenters. The van der Waals surface area contributed by atoms with E-state index in [4.69, 9.17) is 41.5 Å². The van der Waals surface area contributed by atoms with Gasteiger partial charge in [0.1, 0.15) is 52.9 Å². The highest BCUT2D eigenvalue weighted by atomic mass is 35.5. The summed E-state index contributed by atoms with van der Waals surface area (Å²) in [6, 6.07) is 14.4. The number of nitrogen functional groups attached to an aromatic ring is 1. The van der Waals surface area contributed by atoms with Gasteiger partial charge in [-0.05, 0) is 86.6 Å². The number of carbonyl (C=O) groups is 2. The highest BCUT2D eigenvalue weighted by Crippen LogP contribution is 2.47. The van der Waals surface area contributed by atoms with Crippen molar-refractivity contribution in [3.8, 4) is 46.4 Å². The van der Waals surface area contributed by atoms with Crippen LogP contribution in [-0.4, -0.2) is 104 Å². The zero-order chi connectivity index (χ0) is 56.2. The monoisotopic (exact) mass is 1120 g/mol. The minimum Gasteiger partial charge on any atom is -0.486 e. The number of nitriles is 2. The second-order valence-electron chi connectivity index (χ2n) is 21.1. The molecule has 1 amide bonds. The van der Waals surface area contributed by atoms with Crippen molar-refractivity contribution in [1.29, 1.82) is 10.5 Å². The van der Waals surface area contributed by atoms with Crippen molar-refractivity contribution >= 4 is 77.5 Å². The van der Waals surface area contributed by atoms with E-state index >= 15 is 8.78 Å². The lowest BCUT2D eigenvalue weighted by atomic mass is 9.86. The van der Waals surface area contributed by atoms with Gasteiger partial charge in [-0.25, -0.2) is 22.9 Å². The molecule has 17 nitrogen and oxygen atoms in total. The average Bonchev–Trinajstić information content (AvgIpc) is 4.21. The molecule has 0 radical (unpaired) electrons. The van der Waals surface area contributed by atoms with Crippen LogP contribution in [0, 0.1) is 40.2 Å². The lowest BCUT2D eigenvalue weighted by molar-refractivity contribution is -0.172. The van der Waals surface area contributed by atoms with Crippen molar-refractivity contribution in [2.24, 2.45) is 5.92 Å². The maximum absolute atomic E-state index is 17.6. The zero-order valence-corrected chi connectivity index (χ0v) is 45.3. The third-order valence-electron chi connectivity index (χ3n) is 16.6. The van der Waals surface area contributed by atoms with E-state index in [1.807, 2.05) is 28.9 Å². The van der Waals surface area contributed by atoms with Crippen LogP contribution in [0.3, 0.4) is 0 Å². The second kappa shape index (κ2) is 20.1. The first-order chi connectivity index (χ1) is 38.5. The van der Waals surface area contributed by atoms with Crippen molar-refractivity contribution in [2.45, 2.75) is 103 Å². The van der Waals surface area contributed by atoms with Crippen LogP contribution >= 0.6 is 22.9 Å². The number of pyridine rings is 2. The summed E-state index contributed by atoms with van der Waals surface area (Å²) in [4.78, 5) is 61.0. The fourth-order valence-electron chi connectivity index (χ4n) is 12.5. The van der Waals surface area contributed by atoms with Crippen LogP contribution in [0.15, 0.2) is 59.4 Å². The number of benzene rings is 3. The van der Waals surface area contributed by atoms with Gasteiger partial charge in [0.2, 0.25) is 0 Å². The number of cyclic esters (lactones) is 1. The molecule has 80 heavy (non-hydrogen) atoms. The second-order valence-corrected chi connectivity index (χ2v) is 22.5. The van der Waals surface area contributed by atoms with Gasteiger partial charge in [-0.1, -0.05) is 38.1 Å². The van der Waals surface area contributed by atoms with Crippen molar-refractivity contribution in [3.05, 3.63) is 109 Å². The summed E-state index contributed by atoms with van der Waals surface area (Å²) in [5, 5.41) is 32.7. The molecule has 2 bridgehead atoms. The first-order valence-corrected chi connectivity index (χ1v) is 27.7. The van der Waals surface area contributed by atoms with Gasteiger partial charge in [0.15, 0.2) is 17.6 Å². The molecular weight excluding hydrogens is 1070 g/mol. The van der Waals surface area contributed by atoms with Gasteiger partial charge in [-0.15, -0.1) is 11.3 Å². The molecule has 5 aliphatic rings. The normalized spacial score (nSPS) is 22.5. The van der Waals surface area contributed by atoms with Crippen molar-refractivity contribution in [3.63, 3.8) is 0 Å². The standard InChI is InChI=1S/C58H52ClF3N10O7S/c1-5-33-35-19-32(9-12-43(35)66-48-38(33)25-72-44(48)21-40-39(54(72)74)26-77-56(75)58(40,76)6-2)78-28(4)27(3)53(73)71-17-16-69(24-31(71)13-14-63)52-36-20-41(59)46(34-10-11-42(61)50-45(34)37(22-64)51(65)80-50)47(62)49(36)67-57(68-52)79-55-29-8-7-15-70(55)23-30(60)18-29/h9-12,19-21,28-31,55,76H,3,5-8,13,15-18,23-26,65H2,1-2,4H3/t28-,29+,30+,31-,55?,58-/m0/s1. The quantitative estimate of drug-likeness (QED) is 0.0910. The Bertz CT molecular complexity index is 3980. The van der Waals surface area contributed by atoms with E-state index in [1.54, 1.807) is 41.5 Å². The lowest BCUT2D eigenvalue weighted by Crippen LogP contribution is -2.56. The summed E-state index contributed by atoms with van der Waals surface area (Å²) in [6.45, 7) is 10.5. The van der Waals surface area contributed by atoms with Gasteiger partial charge in [0.05, 0.1) is 62.8 Å². The van der Waals surface area contributed by atoms with Gasteiger partial charge in [0.25, 0.3) is 11.5 Å². The molecule has 9 heterocycles. The fraction of sp³-hybridized carbons (Fsp3) is 0.379. The number of ether oxygens (including phenoxy) is 3. The molecule has 7 aromatic rings. The number of anilines is 2. The lowest BCUT2D eigenvalue weighted by Gasteiger charge is -2.45. The third kappa shape index (κ3) is 8.38. The topological polar surface area (TPSA) is 226 Å². The van der Waals surface area contributed by atoms with E-state index in [0.717, 1.165) is 40.3 Å². The molecule has 0 spiro atoms. The number of hydrogen-bond donors (Lipinski definition) is 2. The van der Waals surface area contributed by atoms with Crippen LogP contribution in [-0.2, 0) is 39.5 Å². The number of nitrogens with zero attached hydrogens (tertiary/aromatic N) is 9. The maximum atomic E-state index is 17.6. The summed E-state index contributed by atoms with van der Waals surface area (Å²) in [6.07, 6.45) is -0.160. The van der Waals surface area contributed by atoms with E-state index < -0.39 is 53.7 Å². The number of esters is 1. The molecule has 0 saturated carbocycles. The van der Waals surface area contributed by atoms with Crippen LogP contribution in [0.25, 0.3) is 54.4 Å². The number of aromatic nitrogens is 4. The number of fused-ring (bicyclic) bond motifs is 9. The highest BCUT2D eigenvalue weighted by molar-refractivity contribution is 7.23. The van der Waals surface area contributed by atoms with Crippen LogP contribution in [0.2, 0.25) is 5.02 Å². The molecule has 0 aliphatic carbocycles. The number of alkyl halides is 1. The molecule has 4 aromatic heterocycles. The Morgan fingerprint density at radius 3 is 2.64 bits per heavy atom. The Morgan fingerprint density at radius 1 is 1.07 bits per heavy atom. The SMILES string of the molecule is C=C(C(=O)N1CCN(c2nc(OC3[C@@H]4CCCN3C[C@H](F)C4)nc3c(F)c(-c4ccc(F)c5sc(N)c(C#N)c45)c(Cl)cc23)C[C@@H]1CC#N)[C@H](C)Oc1ccc2nc3c(c(CC)c2c1)Cn1c-3cc2c(c1=O)COC(=O)[C@]2(O)CC. The van der Waals surface area contributed by atoms with E-state index in [2.05, 4.69) is 17.6 Å². The first-order valence-electron chi connectivity index (χ1n) is 26.5. The van der Waals surface area contributed by atoms with Crippen molar-refractivity contribution < 1.29 is 42.1 Å². The van der Waals surface area contributed by atoms with Crippen LogP contribution in [0.1, 0.15) is 80.7 Å². The molecule has 3 N–H and O–H groups in total. The smallest absolute Gasteiger partial charge is 0.343 e. The first kappa shape index (κ1) is 52.9. The minimum atomic E-state index is -1.96. The molecule has 7 atom stereocenters. The molecule has 12 rings (SSSR count). The molecular formula is C58H52ClF3N10O7S. The highest BCUT2D eigenvalue weighted by Gasteiger charge is 2.46. The average molecular weight is 1130 g/mol. The number of carbonyl (C=O) groups excluding carboxylic acids is 2. The summed E-state index contributed by atoms with van der Waals surface area (Å²) in [7, 11) is 0. The number of halogens is 4. The zero-order valence-electron chi connectivity index (χ0n) is 43.7. The molecule has 3 saturated heterocycles. The van der Waals surface area contributed by atoms with Crippen molar-refractivity contribution in [2.75, 3.05) is 43.4 Å². The maximum Gasteiger partial charge on any atom is 0.343 e. The summed E-state index contributed by atoms with van der Waals surface area (Å²) in [5.41, 5.74) is 7.60. The predicted molar refractivity (Wildman–Crippen MR) is 294 cm³/mol. The number of amides is 1. The van der Waals surface area contributed by atoms with E-state index in [1.165, 1.54) is 12.1 Å². The third-order valence-corrected chi connectivity index (χ3v) is 17.9. The van der Waals surface area contributed by atoms with Gasteiger partial charge in [-0.3, -0.25) is 14.5 Å². The number of piperidine rings is 2. The Balaban J connectivity index is 0.834. The van der Waals surface area contributed by atoms with E-state index in [9.17, 15) is 34.4 Å². The number of thiophene rings is 1. The molecule has 3 fully saturated rings. The number of hydrogen-bond acceptors (Lipinski definition) is 16. The number of aliphatic hydroxyl groups is 1. The van der Waals surface area contributed by atoms with Crippen LogP contribution in [0.5, 0.6) is 11.8 Å². The number of rotatable bonds is 11. The van der Waals surface area contributed by atoms with E-state index in [0.29, 0.717) is 42.0 Å². The van der Waals surface area contributed by atoms with Gasteiger partial charge < -0.3 is 39.4 Å². The number of nitrogens with two attached hydrogens (primary N) is 1. The summed E-state index contributed by atoms with van der Waals surface area (Å²) >= 11 is 7.88. The number of piperazine rings is 1. The van der Waals surface area contributed by atoms with E-state index in [-0.39, 0.29) is 146 Å². The minimum absolute atomic E-state index is 0.0215.